The normalized spacial score (nSPS) is 23.8. The van der Waals surface area contributed by atoms with Crippen molar-refractivity contribution in [3.05, 3.63) is 11.6 Å². The average Bonchev–Trinajstić information content (AvgIpc) is 2.09. The molecule has 1 heteroatoms. The Bertz CT molecular complexity index is 149. The van der Waals surface area contributed by atoms with Crippen molar-refractivity contribution in [2.75, 3.05) is 0 Å². The summed E-state index contributed by atoms with van der Waals surface area (Å²) >= 11 is 0. The average molecular weight is 168 g/mol. The van der Waals surface area contributed by atoms with Gasteiger partial charge in [0.15, 0.2) is 0 Å². The standard InChI is InChI=1S/C11H20O/c1-2-3-4-5-10-6-8-11(12)9-7-10/h6,11-12H,2-5,7-9H2,1H3. The van der Waals surface area contributed by atoms with Crippen LogP contribution in [0.4, 0.5) is 0 Å². The van der Waals surface area contributed by atoms with Gasteiger partial charge in [-0.25, -0.2) is 0 Å². The van der Waals surface area contributed by atoms with Crippen molar-refractivity contribution in [3.8, 4) is 0 Å². The highest BCUT2D eigenvalue weighted by atomic mass is 16.3. The van der Waals surface area contributed by atoms with Gasteiger partial charge < -0.3 is 5.11 Å². The summed E-state index contributed by atoms with van der Waals surface area (Å²) in [4.78, 5) is 0. The van der Waals surface area contributed by atoms with Gasteiger partial charge in [-0.1, -0.05) is 31.4 Å². The van der Waals surface area contributed by atoms with Crippen LogP contribution in [0.25, 0.3) is 0 Å². The molecule has 0 aromatic heterocycles. The van der Waals surface area contributed by atoms with Gasteiger partial charge in [-0.15, -0.1) is 0 Å². The first-order chi connectivity index (χ1) is 5.83. The van der Waals surface area contributed by atoms with E-state index >= 15 is 0 Å². The van der Waals surface area contributed by atoms with E-state index in [1.54, 1.807) is 5.57 Å². The molecular formula is C11H20O. The number of rotatable bonds is 4. The minimum atomic E-state index is -0.0556. The van der Waals surface area contributed by atoms with Crippen molar-refractivity contribution in [1.82, 2.24) is 0 Å². The molecule has 70 valence electrons. The lowest BCUT2D eigenvalue weighted by Crippen LogP contribution is -2.09. The van der Waals surface area contributed by atoms with Crippen molar-refractivity contribution in [2.24, 2.45) is 0 Å². The summed E-state index contributed by atoms with van der Waals surface area (Å²) in [6, 6.07) is 0. The van der Waals surface area contributed by atoms with E-state index in [2.05, 4.69) is 13.0 Å². The number of aliphatic hydroxyl groups is 1. The monoisotopic (exact) mass is 168 g/mol. The van der Waals surface area contributed by atoms with Gasteiger partial charge in [0.2, 0.25) is 0 Å². The molecule has 0 aromatic rings. The van der Waals surface area contributed by atoms with Crippen LogP contribution in [0.3, 0.4) is 0 Å². The summed E-state index contributed by atoms with van der Waals surface area (Å²) in [5.74, 6) is 0. The fourth-order valence-electron chi connectivity index (χ4n) is 1.70. The Morgan fingerprint density at radius 1 is 1.50 bits per heavy atom. The van der Waals surface area contributed by atoms with Gasteiger partial charge in [-0.2, -0.15) is 0 Å². The van der Waals surface area contributed by atoms with Crippen molar-refractivity contribution in [2.45, 2.75) is 58.0 Å². The second-order valence-corrected chi connectivity index (χ2v) is 3.75. The second kappa shape index (κ2) is 5.36. The summed E-state index contributed by atoms with van der Waals surface area (Å²) in [6.07, 6.45) is 10.4. The van der Waals surface area contributed by atoms with E-state index in [0.29, 0.717) is 0 Å². The Balaban J connectivity index is 2.15. The Morgan fingerprint density at radius 2 is 2.33 bits per heavy atom. The van der Waals surface area contributed by atoms with E-state index in [4.69, 9.17) is 0 Å². The number of hydrogen-bond acceptors (Lipinski definition) is 1. The molecule has 0 bridgehead atoms. The largest absolute Gasteiger partial charge is 0.393 e. The molecule has 0 amide bonds. The van der Waals surface area contributed by atoms with Crippen LogP contribution in [0.1, 0.15) is 51.9 Å². The first kappa shape index (κ1) is 9.79. The zero-order valence-electron chi connectivity index (χ0n) is 8.05. The van der Waals surface area contributed by atoms with Crippen LogP contribution in [-0.4, -0.2) is 11.2 Å². The number of aliphatic hydroxyl groups excluding tert-OH is 1. The van der Waals surface area contributed by atoms with Gasteiger partial charge in [-0.05, 0) is 32.1 Å². The van der Waals surface area contributed by atoms with Crippen LogP contribution in [0.2, 0.25) is 0 Å². The molecule has 1 aliphatic rings. The molecule has 1 aliphatic carbocycles. The van der Waals surface area contributed by atoms with Crippen LogP contribution in [-0.2, 0) is 0 Å². The zero-order chi connectivity index (χ0) is 8.81. The van der Waals surface area contributed by atoms with E-state index in [1.807, 2.05) is 0 Å². The molecule has 1 N–H and O–H groups in total. The van der Waals surface area contributed by atoms with E-state index in [1.165, 1.54) is 25.7 Å². The van der Waals surface area contributed by atoms with Gasteiger partial charge >= 0.3 is 0 Å². The minimum absolute atomic E-state index is 0.0556. The van der Waals surface area contributed by atoms with Crippen molar-refractivity contribution in [3.63, 3.8) is 0 Å². The summed E-state index contributed by atoms with van der Waals surface area (Å²) < 4.78 is 0. The Morgan fingerprint density at radius 3 is 2.92 bits per heavy atom. The van der Waals surface area contributed by atoms with E-state index in [-0.39, 0.29) is 6.10 Å². The third kappa shape index (κ3) is 3.40. The summed E-state index contributed by atoms with van der Waals surface area (Å²) in [7, 11) is 0. The Labute approximate surface area is 75.5 Å². The van der Waals surface area contributed by atoms with Crippen LogP contribution in [0.15, 0.2) is 11.6 Å². The van der Waals surface area contributed by atoms with Crippen LogP contribution < -0.4 is 0 Å². The molecule has 0 fully saturated rings. The maximum atomic E-state index is 9.25. The predicted octanol–water partition coefficient (Wildman–Crippen LogP) is 3.04. The second-order valence-electron chi connectivity index (χ2n) is 3.75. The molecular weight excluding hydrogens is 148 g/mol. The van der Waals surface area contributed by atoms with Gasteiger partial charge in [0, 0.05) is 0 Å². The highest BCUT2D eigenvalue weighted by molar-refractivity contribution is 5.06. The van der Waals surface area contributed by atoms with E-state index in [9.17, 15) is 5.11 Å². The first-order valence-electron chi connectivity index (χ1n) is 5.19. The minimum Gasteiger partial charge on any atom is -0.393 e. The van der Waals surface area contributed by atoms with Gasteiger partial charge in [0.25, 0.3) is 0 Å². The van der Waals surface area contributed by atoms with Crippen molar-refractivity contribution < 1.29 is 5.11 Å². The topological polar surface area (TPSA) is 20.2 Å². The molecule has 0 saturated heterocycles. The quantitative estimate of drug-likeness (QED) is 0.505. The molecule has 1 unspecified atom stereocenters. The third-order valence-corrected chi connectivity index (χ3v) is 2.58. The van der Waals surface area contributed by atoms with Crippen LogP contribution in [0, 0.1) is 0 Å². The molecule has 1 atom stereocenters. The van der Waals surface area contributed by atoms with Gasteiger partial charge in [-0.3, -0.25) is 0 Å². The fraction of sp³-hybridized carbons (Fsp3) is 0.818. The summed E-state index contributed by atoms with van der Waals surface area (Å²) in [6.45, 7) is 2.24. The number of unbranched alkanes of at least 4 members (excludes halogenated alkanes) is 2. The predicted molar refractivity (Wildman–Crippen MR) is 52.1 cm³/mol. The maximum Gasteiger partial charge on any atom is 0.0577 e. The Kier molecular flexibility index (Phi) is 4.37. The maximum absolute atomic E-state index is 9.25. The SMILES string of the molecule is CCCCCC1=CCC(O)CC1. The molecule has 1 nitrogen and oxygen atoms in total. The molecule has 0 radical (unpaired) electrons. The highest BCUT2D eigenvalue weighted by Crippen LogP contribution is 2.22. The lowest BCUT2D eigenvalue weighted by Gasteiger charge is -2.17. The van der Waals surface area contributed by atoms with Crippen molar-refractivity contribution in [1.29, 1.82) is 0 Å². The van der Waals surface area contributed by atoms with E-state index in [0.717, 1.165) is 19.3 Å². The van der Waals surface area contributed by atoms with Gasteiger partial charge in [0.1, 0.15) is 0 Å². The van der Waals surface area contributed by atoms with Gasteiger partial charge in [0.05, 0.1) is 6.10 Å². The molecule has 0 heterocycles. The third-order valence-electron chi connectivity index (χ3n) is 2.58. The highest BCUT2D eigenvalue weighted by Gasteiger charge is 2.10. The number of hydrogen-bond donors (Lipinski definition) is 1. The van der Waals surface area contributed by atoms with Crippen molar-refractivity contribution >= 4 is 0 Å². The molecule has 12 heavy (non-hydrogen) atoms. The van der Waals surface area contributed by atoms with Crippen LogP contribution in [0.5, 0.6) is 0 Å². The first-order valence-corrected chi connectivity index (χ1v) is 5.19. The van der Waals surface area contributed by atoms with Crippen LogP contribution >= 0.6 is 0 Å². The molecule has 1 rings (SSSR count). The lowest BCUT2D eigenvalue weighted by atomic mass is 9.93. The lowest BCUT2D eigenvalue weighted by molar-refractivity contribution is 0.162. The molecule has 0 saturated carbocycles. The number of allylic oxidation sites excluding steroid dienone is 1. The summed E-state index contributed by atoms with van der Waals surface area (Å²) in [5.41, 5.74) is 1.58. The van der Waals surface area contributed by atoms with E-state index < -0.39 is 0 Å². The zero-order valence-corrected chi connectivity index (χ0v) is 8.05. The molecule has 0 spiro atoms. The molecule has 0 aromatic carbocycles. The Hall–Kier alpha value is -0.300. The molecule has 0 aliphatic heterocycles. The fourth-order valence-corrected chi connectivity index (χ4v) is 1.70. The smallest absolute Gasteiger partial charge is 0.0577 e. The summed E-state index contributed by atoms with van der Waals surface area (Å²) in [5, 5.41) is 9.25.